The van der Waals surface area contributed by atoms with Crippen molar-refractivity contribution in [3.63, 3.8) is 0 Å². The van der Waals surface area contributed by atoms with Gasteiger partial charge in [0.1, 0.15) is 17.3 Å². The lowest BCUT2D eigenvalue weighted by molar-refractivity contribution is -0.151. The highest BCUT2D eigenvalue weighted by atomic mass is 16.5. The third kappa shape index (κ3) is 2.20. The molecule has 1 spiro atoms. The maximum Gasteiger partial charge on any atom is 0.312 e. The van der Waals surface area contributed by atoms with E-state index in [0.717, 1.165) is 11.3 Å². The molecule has 0 aromatic heterocycles. The van der Waals surface area contributed by atoms with E-state index in [1.165, 1.54) is 7.11 Å². The fraction of sp³-hybridized carbons (Fsp3) is 0.474. The second kappa shape index (κ2) is 5.59. The molecule has 5 atom stereocenters. The number of hydrogen-bond donors (Lipinski definition) is 0. The summed E-state index contributed by atoms with van der Waals surface area (Å²) in [6, 6.07) is 7.55. The molecular formula is C19H21NO5. The van der Waals surface area contributed by atoms with Crippen molar-refractivity contribution in [2.45, 2.75) is 24.7 Å². The molecule has 3 heterocycles. The average molecular weight is 343 g/mol. The third-order valence-electron chi connectivity index (χ3n) is 5.67. The summed E-state index contributed by atoms with van der Waals surface area (Å²) in [6.07, 6.45) is 3.47. The van der Waals surface area contributed by atoms with Gasteiger partial charge in [0.05, 0.1) is 38.8 Å². The molecule has 1 aromatic rings. The first kappa shape index (κ1) is 16.1. The van der Waals surface area contributed by atoms with E-state index in [0.29, 0.717) is 6.54 Å². The minimum absolute atomic E-state index is 0.0504. The highest BCUT2D eigenvalue weighted by Gasteiger charge is 2.67. The van der Waals surface area contributed by atoms with Crippen LogP contribution in [0.5, 0.6) is 5.75 Å². The normalized spacial score (nSPS) is 33.5. The Labute approximate surface area is 146 Å². The number of benzene rings is 1. The molecule has 2 saturated heterocycles. The zero-order valence-corrected chi connectivity index (χ0v) is 14.5. The van der Waals surface area contributed by atoms with Gasteiger partial charge in [-0.1, -0.05) is 24.3 Å². The summed E-state index contributed by atoms with van der Waals surface area (Å²) >= 11 is 0. The molecular weight excluding hydrogens is 322 g/mol. The van der Waals surface area contributed by atoms with Crippen LogP contribution in [-0.2, 0) is 19.1 Å². The van der Waals surface area contributed by atoms with E-state index in [9.17, 15) is 9.59 Å². The SMILES string of the molecule is COC(=O)[C@H]1[C@H]2C=C[C@]3(CN([C@@H](C)c4ccc(OC)cc4)C(=O)[C@@H]13)O2. The van der Waals surface area contributed by atoms with Crippen LogP contribution < -0.4 is 4.74 Å². The van der Waals surface area contributed by atoms with Gasteiger partial charge in [0, 0.05) is 0 Å². The molecule has 1 amide bonds. The molecule has 1 aromatic carbocycles. The molecule has 0 aliphatic carbocycles. The molecule has 2 fully saturated rings. The van der Waals surface area contributed by atoms with Crippen LogP contribution >= 0.6 is 0 Å². The summed E-state index contributed by atoms with van der Waals surface area (Å²) in [5.41, 5.74) is 0.306. The Bertz CT molecular complexity index is 743. The highest BCUT2D eigenvalue weighted by molar-refractivity contribution is 5.91. The number of amides is 1. The molecule has 6 heteroatoms. The Kier molecular flexibility index (Phi) is 3.61. The second-order valence-corrected chi connectivity index (χ2v) is 6.84. The topological polar surface area (TPSA) is 65.1 Å². The van der Waals surface area contributed by atoms with Gasteiger partial charge in [-0.15, -0.1) is 0 Å². The van der Waals surface area contributed by atoms with Gasteiger partial charge >= 0.3 is 5.97 Å². The molecule has 132 valence electrons. The summed E-state index contributed by atoms with van der Waals surface area (Å²) in [7, 11) is 2.97. The molecule has 3 aliphatic heterocycles. The van der Waals surface area contributed by atoms with Crippen molar-refractivity contribution in [1.82, 2.24) is 4.90 Å². The number of rotatable bonds is 4. The predicted molar refractivity (Wildman–Crippen MR) is 88.9 cm³/mol. The zero-order valence-electron chi connectivity index (χ0n) is 14.5. The lowest BCUT2D eigenvalue weighted by Gasteiger charge is -2.27. The van der Waals surface area contributed by atoms with Gasteiger partial charge in [-0.25, -0.2) is 0 Å². The molecule has 4 rings (SSSR count). The minimum atomic E-state index is -0.707. The van der Waals surface area contributed by atoms with Crippen molar-refractivity contribution in [2.75, 3.05) is 20.8 Å². The van der Waals surface area contributed by atoms with Crippen molar-refractivity contribution in [2.24, 2.45) is 11.8 Å². The van der Waals surface area contributed by atoms with Gasteiger partial charge < -0.3 is 19.1 Å². The number of esters is 1. The summed E-state index contributed by atoms with van der Waals surface area (Å²) in [4.78, 5) is 27.1. The van der Waals surface area contributed by atoms with E-state index in [2.05, 4.69) is 0 Å². The Morgan fingerprint density at radius 1 is 1.32 bits per heavy atom. The Morgan fingerprint density at radius 3 is 2.68 bits per heavy atom. The predicted octanol–water partition coefficient (Wildman–Crippen LogP) is 1.71. The lowest BCUT2D eigenvalue weighted by Crippen LogP contribution is -2.39. The van der Waals surface area contributed by atoms with Gasteiger partial charge in [-0.2, -0.15) is 0 Å². The number of nitrogens with zero attached hydrogens (tertiary/aromatic N) is 1. The van der Waals surface area contributed by atoms with Crippen molar-refractivity contribution in [3.05, 3.63) is 42.0 Å². The van der Waals surface area contributed by atoms with E-state index < -0.39 is 17.4 Å². The summed E-state index contributed by atoms with van der Waals surface area (Å²) in [5.74, 6) is -0.722. The van der Waals surface area contributed by atoms with Crippen LogP contribution in [0.1, 0.15) is 18.5 Å². The van der Waals surface area contributed by atoms with Crippen molar-refractivity contribution < 1.29 is 23.8 Å². The van der Waals surface area contributed by atoms with Crippen LogP contribution in [-0.4, -0.2) is 49.2 Å². The van der Waals surface area contributed by atoms with Gasteiger partial charge in [0.2, 0.25) is 5.91 Å². The minimum Gasteiger partial charge on any atom is -0.497 e. The number of hydrogen-bond acceptors (Lipinski definition) is 5. The van der Waals surface area contributed by atoms with E-state index >= 15 is 0 Å². The van der Waals surface area contributed by atoms with Crippen LogP contribution in [0.3, 0.4) is 0 Å². The summed E-state index contributed by atoms with van der Waals surface area (Å²) in [5, 5.41) is 0. The van der Waals surface area contributed by atoms with Gasteiger partial charge in [0.25, 0.3) is 0 Å². The molecule has 25 heavy (non-hydrogen) atoms. The largest absolute Gasteiger partial charge is 0.497 e. The number of fused-ring (bicyclic) bond motifs is 1. The maximum atomic E-state index is 13.1. The quantitative estimate of drug-likeness (QED) is 0.615. The van der Waals surface area contributed by atoms with Crippen molar-refractivity contribution >= 4 is 11.9 Å². The molecule has 0 saturated carbocycles. The third-order valence-corrected chi connectivity index (χ3v) is 5.67. The standard InChI is InChI=1S/C19H21NO5/c1-11(12-4-6-13(23-2)7-5-12)20-10-19-9-8-14(25-19)15(18(22)24-3)16(19)17(20)21/h4-9,11,14-16H,10H2,1-3H3/t11-,14+,15-,16+,19+/m0/s1. The van der Waals surface area contributed by atoms with E-state index in [4.69, 9.17) is 14.2 Å². The van der Waals surface area contributed by atoms with Crippen LogP contribution in [0.25, 0.3) is 0 Å². The fourth-order valence-electron chi connectivity index (χ4n) is 4.32. The molecule has 6 nitrogen and oxygen atoms in total. The first-order valence-corrected chi connectivity index (χ1v) is 8.40. The number of carbonyl (C=O) groups is 2. The van der Waals surface area contributed by atoms with Crippen molar-refractivity contribution in [1.29, 1.82) is 0 Å². The van der Waals surface area contributed by atoms with Crippen LogP contribution in [0.4, 0.5) is 0 Å². The molecule has 0 unspecified atom stereocenters. The highest BCUT2D eigenvalue weighted by Crippen LogP contribution is 2.53. The molecule has 3 aliphatic rings. The van der Waals surface area contributed by atoms with Gasteiger partial charge in [-0.3, -0.25) is 9.59 Å². The van der Waals surface area contributed by atoms with Gasteiger partial charge in [0.15, 0.2) is 0 Å². The second-order valence-electron chi connectivity index (χ2n) is 6.84. The average Bonchev–Trinajstić information content (AvgIpc) is 3.29. The summed E-state index contributed by atoms with van der Waals surface area (Å²) < 4.78 is 16.1. The van der Waals surface area contributed by atoms with Crippen LogP contribution in [0, 0.1) is 11.8 Å². The number of carbonyl (C=O) groups excluding carboxylic acids is 2. The fourth-order valence-corrected chi connectivity index (χ4v) is 4.32. The number of likely N-dealkylation sites (tertiary alicyclic amines) is 1. The number of methoxy groups -OCH3 is 2. The maximum absolute atomic E-state index is 13.1. The van der Waals surface area contributed by atoms with E-state index in [1.807, 2.05) is 43.3 Å². The van der Waals surface area contributed by atoms with Crippen molar-refractivity contribution in [3.8, 4) is 5.75 Å². The molecule has 0 N–H and O–H groups in total. The molecule has 2 bridgehead atoms. The van der Waals surface area contributed by atoms with E-state index in [-0.39, 0.29) is 24.0 Å². The Balaban J connectivity index is 1.62. The summed E-state index contributed by atoms with van der Waals surface area (Å²) in [6.45, 7) is 2.44. The van der Waals surface area contributed by atoms with Crippen LogP contribution in [0.15, 0.2) is 36.4 Å². The monoisotopic (exact) mass is 343 g/mol. The first-order valence-electron chi connectivity index (χ1n) is 8.40. The Morgan fingerprint density at radius 2 is 2.04 bits per heavy atom. The smallest absolute Gasteiger partial charge is 0.312 e. The number of ether oxygens (including phenoxy) is 3. The first-order chi connectivity index (χ1) is 12.0. The van der Waals surface area contributed by atoms with Gasteiger partial charge in [-0.05, 0) is 24.6 Å². The lowest BCUT2D eigenvalue weighted by atomic mass is 9.77. The van der Waals surface area contributed by atoms with E-state index in [1.54, 1.807) is 12.0 Å². The molecule has 0 radical (unpaired) electrons. The van der Waals surface area contributed by atoms with Crippen LogP contribution in [0.2, 0.25) is 0 Å². The zero-order chi connectivity index (χ0) is 17.8. The Hall–Kier alpha value is -2.34.